The van der Waals surface area contributed by atoms with Crippen molar-refractivity contribution >= 4 is 62.6 Å². The summed E-state index contributed by atoms with van der Waals surface area (Å²) in [4.78, 5) is 0. The second-order valence-corrected chi connectivity index (χ2v) is 9.79. The van der Waals surface area contributed by atoms with E-state index in [4.69, 9.17) is 11.2 Å². The minimum absolute atomic E-state index is 0.0264. The normalized spacial score (nSPS) is 6.62. The summed E-state index contributed by atoms with van der Waals surface area (Å²) in [6.07, 6.45) is 2.00. The van der Waals surface area contributed by atoms with Crippen LogP contribution in [-0.4, -0.2) is 6.15 Å². The van der Waals surface area contributed by atoms with Gasteiger partial charge in [-0.1, -0.05) is 0 Å². The minimum atomic E-state index is -0.0264. The molecule has 0 saturated heterocycles. The number of rotatable bonds is 0. The summed E-state index contributed by atoms with van der Waals surface area (Å²) in [6, 6.07) is 0. The number of hydrogen-bond acceptors (Lipinski definition) is 2. The van der Waals surface area contributed by atoms with Crippen LogP contribution in [-0.2, 0) is 56.5 Å². The Morgan fingerprint density at radius 3 is 2.62 bits per heavy atom. The second kappa shape index (κ2) is 6.50. The van der Waals surface area contributed by atoms with E-state index in [1.165, 1.54) is 8.88 Å². The average Bonchev–Trinajstić information content (AvgIpc) is 1.83. The summed E-state index contributed by atoms with van der Waals surface area (Å²) in [7, 11) is 4.51. The van der Waals surface area contributed by atoms with Crippen LogP contribution >= 0.6 is 0 Å². The quantitative estimate of drug-likeness (QED) is 0.532. The Kier molecular flexibility index (Phi) is 7.63. The van der Waals surface area contributed by atoms with Gasteiger partial charge in [-0.3, -0.25) is 0 Å². The van der Waals surface area contributed by atoms with Gasteiger partial charge < -0.3 is 0 Å². The summed E-state index contributed by atoms with van der Waals surface area (Å²) >= 11 is 9.58. The molecule has 0 aromatic carbocycles. The van der Waals surface area contributed by atoms with Crippen LogP contribution in [0.5, 0.6) is 0 Å². The molecule has 0 aliphatic carbocycles. The van der Waals surface area contributed by atoms with Crippen LogP contribution < -0.4 is 0 Å². The Hall–Kier alpha value is 1.38. The van der Waals surface area contributed by atoms with E-state index in [2.05, 4.69) is 11.2 Å². The second-order valence-electron chi connectivity index (χ2n) is 0.700. The average molecular weight is 218 g/mol. The van der Waals surface area contributed by atoms with Crippen LogP contribution in [0.2, 0.25) is 6.82 Å². The summed E-state index contributed by atoms with van der Waals surface area (Å²) in [6.45, 7) is 1.97. The van der Waals surface area contributed by atoms with Crippen molar-refractivity contribution < 1.29 is 0 Å². The Bertz CT molecular complexity index is 278. The topological polar surface area (TPSA) is 0 Å². The predicted octanol–water partition coefficient (Wildman–Crippen LogP) is 0.189. The molecule has 0 aromatic heterocycles. The molecule has 0 aliphatic rings. The van der Waals surface area contributed by atoms with Crippen molar-refractivity contribution in [2.45, 2.75) is 6.82 Å². The summed E-state index contributed by atoms with van der Waals surface area (Å²) in [5.74, 6) is 0. The van der Waals surface area contributed by atoms with Gasteiger partial charge in [0, 0.05) is 0 Å². The van der Waals surface area contributed by atoms with E-state index in [1.807, 2.05) is 13.0 Å². The standard InChI is InChI=1S/CH3BS6/c1-2-8(4)7-6-5-3/h1H3. The molecule has 0 heterocycles. The predicted molar refractivity (Wildman–Crippen MR) is 55.8 cm³/mol. The van der Waals surface area contributed by atoms with Gasteiger partial charge in [-0.25, -0.2) is 0 Å². The van der Waals surface area contributed by atoms with Crippen LogP contribution in [0.1, 0.15) is 0 Å². The van der Waals surface area contributed by atoms with E-state index in [-0.39, 0.29) is 7.44 Å². The van der Waals surface area contributed by atoms with Gasteiger partial charge in [-0.15, -0.1) is 0 Å². The van der Waals surface area contributed by atoms with E-state index in [0.29, 0.717) is 0 Å². The van der Waals surface area contributed by atoms with E-state index >= 15 is 0 Å². The molecule has 0 radical (unpaired) electrons. The molecule has 8 heavy (non-hydrogen) atoms. The fraction of sp³-hybridized carbons (Fsp3) is 1.00. The molecular formula is CH3BS6. The third-order valence-corrected chi connectivity index (χ3v) is 9.54. The van der Waals surface area contributed by atoms with Crippen molar-refractivity contribution in [3.05, 3.63) is 0 Å². The molecule has 0 unspecified atom stereocenters. The molecule has 0 aromatic rings. The van der Waals surface area contributed by atoms with Gasteiger partial charge >= 0.3 is 69.4 Å². The van der Waals surface area contributed by atoms with Crippen molar-refractivity contribution in [2.75, 3.05) is 0 Å². The molecule has 0 nitrogen and oxygen atoms in total. The van der Waals surface area contributed by atoms with Gasteiger partial charge in [0.25, 0.3) is 0 Å². The first-order valence-electron chi connectivity index (χ1n) is 1.65. The first-order chi connectivity index (χ1) is 3.81. The first-order valence-corrected chi connectivity index (χ1v) is 8.78. The summed E-state index contributed by atoms with van der Waals surface area (Å²) in [5, 5.41) is 0. The Labute approximate surface area is 68.8 Å². The van der Waals surface area contributed by atoms with Crippen molar-refractivity contribution in [1.82, 2.24) is 0 Å². The maximum absolute atomic E-state index is 4.96. The molecule has 0 N–H and O–H groups in total. The molecule has 0 aliphatic heterocycles. The van der Waals surface area contributed by atoms with Crippen LogP contribution in [0.4, 0.5) is 0 Å². The molecule has 0 fully saturated rings. The van der Waals surface area contributed by atoms with Crippen molar-refractivity contribution in [1.29, 1.82) is 0 Å². The molecular weight excluding hydrogens is 215 g/mol. The third kappa shape index (κ3) is 5.52. The zero-order valence-electron chi connectivity index (χ0n) is 4.03. The van der Waals surface area contributed by atoms with Gasteiger partial charge in [0.1, 0.15) is 0 Å². The van der Waals surface area contributed by atoms with Crippen molar-refractivity contribution in [3.8, 4) is 0 Å². The third-order valence-electron chi connectivity index (χ3n) is 0.315. The van der Waals surface area contributed by atoms with Crippen LogP contribution in [0.25, 0.3) is 0 Å². The van der Waals surface area contributed by atoms with E-state index < -0.39 is 0 Å². The molecule has 46 valence electrons. The Balaban J connectivity index is 5.33. The Morgan fingerprint density at radius 1 is 1.62 bits per heavy atom. The van der Waals surface area contributed by atoms with Crippen molar-refractivity contribution in [3.63, 3.8) is 0 Å². The molecule has 0 atom stereocenters. The fourth-order valence-electron chi connectivity index (χ4n) is 0.0780. The molecule has 7 heteroatoms. The van der Waals surface area contributed by atoms with Gasteiger partial charge in [-0.05, 0) is 0 Å². The van der Waals surface area contributed by atoms with E-state index in [0.717, 1.165) is 0 Å². The van der Waals surface area contributed by atoms with Gasteiger partial charge in [0.2, 0.25) is 0 Å². The van der Waals surface area contributed by atoms with E-state index in [9.17, 15) is 0 Å². The molecule has 0 amide bonds. The SMILES string of the molecule is CB=S(=S)=S=S=S=S. The summed E-state index contributed by atoms with van der Waals surface area (Å²) in [5.41, 5.74) is 0. The van der Waals surface area contributed by atoms with Crippen molar-refractivity contribution in [2.24, 2.45) is 0 Å². The first kappa shape index (κ1) is 9.38. The zero-order valence-corrected chi connectivity index (χ0v) is 8.93. The Morgan fingerprint density at radius 2 is 2.25 bits per heavy atom. The van der Waals surface area contributed by atoms with E-state index in [1.54, 1.807) is 17.8 Å². The fourth-order valence-corrected chi connectivity index (χ4v) is 7.87. The van der Waals surface area contributed by atoms with Crippen LogP contribution in [0, 0.1) is 0 Å². The molecule has 0 spiro atoms. The maximum atomic E-state index is 4.96. The van der Waals surface area contributed by atoms with Crippen LogP contribution in [0.15, 0.2) is 0 Å². The zero-order chi connectivity index (χ0) is 6.41. The van der Waals surface area contributed by atoms with Gasteiger partial charge in [-0.2, -0.15) is 0 Å². The van der Waals surface area contributed by atoms with Gasteiger partial charge in [0.05, 0.1) is 0 Å². The molecule has 0 saturated carbocycles. The summed E-state index contributed by atoms with van der Waals surface area (Å²) < 4.78 is 0. The molecule has 0 rings (SSSR count). The van der Waals surface area contributed by atoms with Gasteiger partial charge in [0.15, 0.2) is 0 Å². The number of hydrogen-bond donors (Lipinski definition) is 0. The molecule has 0 bridgehead atoms. The monoisotopic (exact) mass is 218 g/mol. The van der Waals surface area contributed by atoms with Crippen LogP contribution in [0.3, 0.4) is 0 Å².